The van der Waals surface area contributed by atoms with Crippen molar-refractivity contribution in [3.05, 3.63) is 77.2 Å². The van der Waals surface area contributed by atoms with Crippen molar-refractivity contribution in [2.24, 2.45) is 5.73 Å². The highest BCUT2D eigenvalue weighted by Gasteiger charge is 2.28. The summed E-state index contributed by atoms with van der Waals surface area (Å²) in [5, 5.41) is 1.80. The van der Waals surface area contributed by atoms with Gasteiger partial charge in [0.05, 0.1) is 23.6 Å². The van der Waals surface area contributed by atoms with E-state index in [0.717, 1.165) is 5.39 Å². The molecule has 0 spiro atoms. The zero-order chi connectivity index (χ0) is 23.7. The first-order valence-corrected chi connectivity index (χ1v) is 10.1. The van der Waals surface area contributed by atoms with Crippen LogP contribution in [0.2, 0.25) is 0 Å². The van der Waals surface area contributed by atoms with Gasteiger partial charge in [-0.1, -0.05) is 36.4 Å². The topological polar surface area (TPSA) is 101 Å². The van der Waals surface area contributed by atoms with E-state index in [1.165, 1.54) is 19.2 Å². The lowest BCUT2D eigenvalue weighted by Crippen LogP contribution is -2.24. The Morgan fingerprint density at radius 3 is 2.52 bits per heavy atom. The smallest absolute Gasteiger partial charge is 0.343 e. The lowest BCUT2D eigenvalue weighted by molar-refractivity contribution is -0.142. The number of fused-ring (bicyclic) bond motifs is 2. The fourth-order valence-electron chi connectivity index (χ4n) is 4.01. The van der Waals surface area contributed by atoms with Gasteiger partial charge in [0.1, 0.15) is 11.6 Å². The molecule has 168 valence electrons. The van der Waals surface area contributed by atoms with Gasteiger partial charge in [-0.05, 0) is 36.1 Å². The SMILES string of the molecule is COC(=O)COc1c2ccccc2cc2c1c(C(=O)C(N)=O)c(C)n2Cc1cccc(F)c1. The Balaban J connectivity index is 2.05. The second-order valence-corrected chi connectivity index (χ2v) is 7.56. The number of benzene rings is 3. The number of nitrogens with zero attached hydrogens (tertiary/aromatic N) is 1. The zero-order valence-electron chi connectivity index (χ0n) is 18.1. The second-order valence-electron chi connectivity index (χ2n) is 7.56. The average molecular weight is 448 g/mol. The summed E-state index contributed by atoms with van der Waals surface area (Å²) in [4.78, 5) is 36.6. The monoisotopic (exact) mass is 448 g/mol. The van der Waals surface area contributed by atoms with E-state index >= 15 is 0 Å². The van der Waals surface area contributed by atoms with Crippen molar-refractivity contribution in [2.45, 2.75) is 13.5 Å². The number of Topliss-reactive ketones (excluding diaryl/α,β-unsaturated/α-hetero) is 1. The van der Waals surface area contributed by atoms with Crippen LogP contribution in [-0.4, -0.2) is 35.9 Å². The number of rotatable bonds is 7. The number of amides is 1. The third-order valence-corrected chi connectivity index (χ3v) is 5.53. The number of esters is 1. The van der Waals surface area contributed by atoms with Gasteiger partial charge in [0.15, 0.2) is 6.61 Å². The lowest BCUT2D eigenvalue weighted by Gasteiger charge is -2.13. The van der Waals surface area contributed by atoms with Gasteiger partial charge < -0.3 is 19.8 Å². The van der Waals surface area contributed by atoms with Gasteiger partial charge in [-0.2, -0.15) is 0 Å². The Bertz CT molecular complexity index is 1420. The van der Waals surface area contributed by atoms with E-state index in [-0.39, 0.29) is 23.7 Å². The molecular weight excluding hydrogens is 427 g/mol. The molecule has 0 aliphatic rings. The molecule has 0 fully saturated rings. The van der Waals surface area contributed by atoms with Crippen molar-refractivity contribution in [1.82, 2.24) is 4.57 Å². The van der Waals surface area contributed by atoms with Gasteiger partial charge >= 0.3 is 5.97 Å². The number of hydrogen-bond acceptors (Lipinski definition) is 5. The molecule has 3 aromatic carbocycles. The highest BCUT2D eigenvalue weighted by molar-refractivity contribution is 6.45. The molecule has 0 bridgehead atoms. The Labute approximate surface area is 188 Å². The van der Waals surface area contributed by atoms with E-state index in [1.807, 2.05) is 18.2 Å². The van der Waals surface area contributed by atoms with Crippen LogP contribution in [0.5, 0.6) is 5.75 Å². The minimum atomic E-state index is -1.12. The fraction of sp³-hybridized carbons (Fsp3) is 0.160. The first kappa shape index (κ1) is 22.0. The number of ketones is 1. The van der Waals surface area contributed by atoms with Gasteiger partial charge in [0.2, 0.25) is 0 Å². The quantitative estimate of drug-likeness (QED) is 0.265. The highest BCUT2D eigenvalue weighted by atomic mass is 19.1. The summed E-state index contributed by atoms with van der Waals surface area (Å²) in [5.41, 5.74) is 7.15. The number of nitrogens with two attached hydrogens (primary N) is 1. The molecule has 0 saturated heterocycles. The molecule has 1 heterocycles. The van der Waals surface area contributed by atoms with Gasteiger partial charge in [-0.15, -0.1) is 0 Å². The van der Waals surface area contributed by atoms with Crippen LogP contribution in [0, 0.1) is 12.7 Å². The van der Waals surface area contributed by atoms with Crippen molar-refractivity contribution in [3.8, 4) is 5.75 Å². The lowest BCUT2D eigenvalue weighted by atomic mass is 10.0. The summed E-state index contributed by atoms with van der Waals surface area (Å²) in [7, 11) is 1.24. The molecule has 1 amide bonds. The van der Waals surface area contributed by atoms with E-state index in [9.17, 15) is 18.8 Å². The van der Waals surface area contributed by atoms with E-state index in [0.29, 0.717) is 27.5 Å². The van der Waals surface area contributed by atoms with Crippen LogP contribution < -0.4 is 10.5 Å². The van der Waals surface area contributed by atoms with Crippen LogP contribution in [0.1, 0.15) is 21.6 Å². The third-order valence-electron chi connectivity index (χ3n) is 5.53. The largest absolute Gasteiger partial charge is 0.481 e. The Kier molecular flexibility index (Phi) is 5.83. The molecule has 7 nitrogen and oxygen atoms in total. The Hall–Kier alpha value is -4.20. The predicted molar refractivity (Wildman–Crippen MR) is 121 cm³/mol. The summed E-state index contributed by atoms with van der Waals surface area (Å²) in [5.74, 6) is -2.72. The van der Waals surface area contributed by atoms with Crippen LogP contribution in [0.25, 0.3) is 21.7 Å². The Morgan fingerprint density at radius 2 is 1.82 bits per heavy atom. The molecule has 4 rings (SSSR count). The number of ether oxygens (including phenoxy) is 2. The van der Waals surface area contributed by atoms with E-state index in [1.54, 1.807) is 35.8 Å². The molecule has 0 aliphatic heterocycles. The van der Waals surface area contributed by atoms with Crippen molar-refractivity contribution >= 4 is 39.3 Å². The maximum absolute atomic E-state index is 13.8. The molecule has 1 aromatic heterocycles. The first-order valence-electron chi connectivity index (χ1n) is 10.1. The minimum Gasteiger partial charge on any atom is -0.481 e. The van der Waals surface area contributed by atoms with Crippen molar-refractivity contribution < 1.29 is 28.2 Å². The van der Waals surface area contributed by atoms with Gasteiger partial charge in [-0.25, -0.2) is 9.18 Å². The maximum Gasteiger partial charge on any atom is 0.343 e. The third kappa shape index (κ3) is 4.03. The predicted octanol–water partition coefficient (Wildman–Crippen LogP) is 3.51. The highest BCUT2D eigenvalue weighted by Crippen LogP contribution is 2.40. The fourth-order valence-corrected chi connectivity index (χ4v) is 4.01. The van der Waals surface area contributed by atoms with Gasteiger partial charge in [-0.3, -0.25) is 9.59 Å². The summed E-state index contributed by atoms with van der Waals surface area (Å²) in [6.45, 7) is 1.53. The van der Waals surface area contributed by atoms with Crippen molar-refractivity contribution in [2.75, 3.05) is 13.7 Å². The summed E-state index contributed by atoms with van der Waals surface area (Å²) >= 11 is 0. The Morgan fingerprint density at radius 1 is 1.06 bits per heavy atom. The molecular formula is C25H21FN2O5. The van der Waals surface area contributed by atoms with Crippen LogP contribution >= 0.6 is 0 Å². The second kappa shape index (κ2) is 8.74. The molecule has 0 radical (unpaired) electrons. The molecule has 4 aromatic rings. The van der Waals surface area contributed by atoms with E-state index in [4.69, 9.17) is 10.5 Å². The number of carbonyl (C=O) groups excluding carboxylic acids is 3. The minimum absolute atomic E-state index is 0.0829. The first-order chi connectivity index (χ1) is 15.8. The zero-order valence-corrected chi connectivity index (χ0v) is 18.1. The normalized spacial score (nSPS) is 11.0. The molecule has 0 unspecified atom stereocenters. The summed E-state index contributed by atoms with van der Waals surface area (Å²) in [6.07, 6.45) is 0. The number of primary amides is 1. The number of aromatic nitrogens is 1. The average Bonchev–Trinajstić information content (AvgIpc) is 3.06. The number of carbonyl (C=O) groups is 3. The van der Waals surface area contributed by atoms with Crippen molar-refractivity contribution in [3.63, 3.8) is 0 Å². The molecule has 33 heavy (non-hydrogen) atoms. The number of hydrogen-bond donors (Lipinski definition) is 1. The van der Waals surface area contributed by atoms with Crippen LogP contribution in [0.4, 0.5) is 4.39 Å². The van der Waals surface area contributed by atoms with Gasteiger partial charge in [0, 0.05) is 17.6 Å². The number of methoxy groups -OCH3 is 1. The van der Waals surface area contributed by atoms with Crippen LogP contribution in [-0.2, 0) is 20.9 Å². The molecule has 0 atom stereocenters. The summed E-state index contributed by atoms with van der Waals surface area (Å²) < 4.78 is 26.1. The van der Waals surface area contributed by atoms with E-state index in [2.05, 4.69) is 4.74 Å². The van der Waals surface area contributed by atoms with Crippen LogP contribution in [0.15, 0.2) is 54.6 Å². The van der Waals surface area contributed by atoms with Gasteiger partial charge in [0.25, 0.3) is 11.7 Å². The maximum atomic E-state index is 13.8. The standard InChI is InChI=1S/C25H21FN2O5/c1-14-21(23(30)25(27)31)22-19(28(14)12-15-6-5-8-17(26)10-15)11-16-7-3-4-9-18(16)24(22)33-13-20(29)32-2/h3-11H,12-13H2,1-2H3,(H2,27,31). The molecule has 8 heteroatoms. The van der Waals surface area contributed by atoms with Crippen LogP contribution in [0.3, 0.4) is 0 Å². The molecule has 0 saturated carbocycles. The number of halogens is 1. The van der Waals surface area contributed by atoms with E-state index < -0.39 is 24.3 Å². The molecule has 0 aliphatic carbocycles. The summed E-state index contributed by atoms with van der Waals surface area (Å²) in [6, 6.07) is 15.3. The van der Waals surface area contributed by atoms with Crippen molar-refractivity contribution in [1.29, 1.82) is 0 Å². The molecule has 2 N–H and O–H groups in total.